The Balaban J connectivity index is 2.27. The number of alkyl halides is 3. The lowest BCUT2D eigenvalue weighted by atomic mass is 10.0. The average Bonchev–Trinajstić information content (AvgIpc) is 2.61. The highest BCUT2D eigenvalue weighted by Gasteiger charge is 2.31. The van der Waals surface area contributed by atoms with Crippen LogP contribution in [0.5, 0.6) is 0 Å². The van der Waals surface area contributed by atoms with Crippen molar-refractivity contribution in [3.63, 3.8) is 0 Å². The van der Waals surface area contributed by atoms with Crippen LogP contribution in [-0.2, 0) is 20.6 Å². The summed E-state index contributed by atoms with van der Waals surface area (Å²) in [4.78, 5) is 35.3. The molecule has 1 atom stereocenters. The Kier molecular flexibility index (Phi) is 6.98. The van der Waals surface area contributed by atoms with Crippen LogP contribution in [0.1, 0.15) is 37.4 Å². The van der Waals surface area contributed by atoms with Gasteiger partial charge in [0, 0.05) is 13.8 Å². The third-order valence-corrected chi connectivity index (χ3v) is 3.90. The molecule has 154 valence electrons. The van der Waals surface area contributed by atoms with Crippen molar-refractivity contribution in [3.05, 3.63) is 59.7 Å². The SMILES string of the molecule is CC(=O)Nc1ccc(C(F)(F)F)cc1NC(=O)CC(NC(C)=O)c1ccccc1. The lowest BCUT2D eigenvalue weighted by molar-refractivity contribution is -0.137. The summed E-state index contributed by atoms with van der Waals surface area (Å²) in [6.45, 7) is 2.50. The summed E-state index contributed by atoms with van der Waals surface area (Å²) in [5.41, 5.74) is -0.448. The minimum absolute atomic E-state index is 0.0367. The van der Waals surface area contributed by atoms with E-state index >= 15 is 0 Å². The minimum atomic E-state index is -4.61. The monoisotopic (exact) mass is 407 g/mol. The molecule has 0 aliphatic rings. The molecule has 2 aromatic carbocycles. The Morgan fingerprint density at radius 3 is 2.10 bits per heavy atom. The van der Waals surface area contributed by atoms with E-state index in [1.165, 1.54) is 13.8 Å². The fraction of sp³-hybridized carbons (Fsp3) is 0.250. The number of hydrogen-bond acceptors (Lipinski definition) is 3. The summed E-state index contributed by atoms with van der Waals surface area (Å²) < 4.78 is 39.1. The first-order chi connectivity index (χ1) is 13.6. The maximum Gasteiger partial charge on any atom is 0.416 e. The topological polar surface area (TPSA) is 87.3 Å². The van der Waals surface area contributed by atoms with Crippen LogP contribution >= 0.6 is 0 Å². The van der Waals surface area contributed by atoms with Crippen molar-refractivity contribution >= 4 is 29.1 Å². The van der Waals surface area contributed by atoms with Crippen molar-refractivity contribution in [2.75, 3.05) is 10.6 Å². The number of amides is 3. The Morgan fingerprint density at radius 2 is 1.55 bits per heavy atom. The highest BCUT2D eigenvalue weighted by Crippen LogP contribution is 2.34. The number of hydrogen-bond donors (Lipinski definition) is 3. The molecule has 2 aromatic rings. The zero-order valence-corrected chi connectivity index (χ0v) is 15.8. The van der Waals surface area contributed by atoms with Crippen LogP contribution in [0.25, 0.3) is 0 Å². The molecule has 0 spiro atoms. The number of halogens is 3. The normalized spacial score (nSPS) is 12.0. The predicted molar refractivity (Wildman–Crippen MR) is 102 cm³/mol. The van der Waals surface area contributed by atoms with Crippen molar-refractivity contribution in [1.82, 2.24) is 5.32 Å². The van der Waals surface area contributed by atoms with Crippen LogP contribution in [0.2, 0.25) is 0 Å². The van der Waals surface area contributed by atoms with Gasteiger partial charge in [-0.05, 0) is 23.8 Å². The van der Waals surface area contributed by atoms with Crippen LogP contribution in [0, 0.1) is 0 Å². The van der Waals surface area contributed by atoms with E-state index in [4.69, 9.17) is 0 Å². The van der Waals surface area contributed by atoms with Gasteiger partial charge in [0.25, 0.3) is 0 Å². The van der Waals surface area contributed by atoms with Gasteiger partial charge in [-0.15, -0.1) is 0 Å². The molecule has 0 aliphatic heterocycles. The Morgan fingerprint density at radius 1 is 0.897 bits per heavy atom. The molecule has 3 amide bonds. The highest BCUT2D eigenvalue weighted by atomic mass is 19.4. The lowest BCUT2D eigenvalue weighted by Crippen LogP contribution is -2.30. The molecule has 9 heteroatoms. The molecular weight excluding hydrogens is 387 g/mol. The van der Waals surface area contributed by atoms with Crippen molar-refractivity contribution in [1.29, 1.82) is 0 Å². The van der Waals surface area contributed by atoms with Gasteiger partial charge >= 0.3 is 6.18 Å². The molecule has 0 bridgehead atoms. The molecule has 1 unspecified atom stereocenters. The Labute approximate surface area is 165 Å². The second kappa shape index (κ2) is 9.22. The molecule has 0 heterocycles. The van der Waals surface area contributed by atoms with Crippen LogP contribution in [0.3, 0.4) is 0 Å². The maximum absolute atomic E-state index is 13.0. The van der Waals surface area contributed by atoms with E-state index in [0.29, 0.717) is 5.56 Å². The minimum Gasteiger partial charge on any atom is -0.349 e. The summed E-state index contributed by atoms with van der Waals surface area (Å²) in [7, 11) is 0. The fourth-order valence-electron chi connectivity index (χ4n) is 2.69. The summed E-state index contributed by atoms with van der Waals surface area (Å²) in [6.07, 6.45) is -4.82. The van der Waals surface area contributed by atoms with Gasteiger partial charge in [0.05, 0.1) is 29.4 Å². The third kappa shape index (κ3) is 6.63. The second-order valence-corrected chi connectivity index (χ2v) is 6.36. The van der Waals surface area contributed by atoms with Crippen LogP contribution < -0.4 is 16.0 Å². The van der Waals surface area contributed by atoms with Crippen LogP contribution in [0.4, 0.5) is 24.5 Å². The summed E-state index contributed by atoms with van der Waals surface area (Å²) >= 11 is 0. The van der Waals surface area contributed by atoms with E-state index in [0.717, 1.165) is 18.2 Å². The van der Waals surface area contributed by atoms with E-state index in [1.807, 2.05) is 0 Å². The molecule has 0 radical (unpaired) electrons. The lowest BCUT2D eigenvalue weighted by Gasteiger charge is -2.19. The van der Waals surface area contributed by atoms with Gasteiger partial charge in [0.1, 0.15) is 0 Å². The van der Waals surface area contributed by atoms with Gasteiger partial charge in [0.2, 0.25) is 17.7 Å². The van der Waals surface area contributed by atoms with Gasteiger partial charge < -0.3 is 16.0 Å². The zero-order valence-electron chi connectivity index (χ0n) is 15.8. The Hall–Kier alpha value is -3.36. The number of anilines is 2. The van der Waals surface area contributed by atoms with Gasteiger partial charge in [-0.3, -0.25) is 14.4 Å². The largest absolute Gasteiger partial charge is 0.416 e. The maximum atomic E-state index is 13.0. The van der Waals surface area contributed by atoms with E-state index in [-0.39, 0.29) is 23.7 Å². The third-order valence-electron chi connectivity index (χ3n) is 3.90. The second-order valence-electron chi connectivity index (χ2n) is 6.36. The summed E-state index contributed by atoms with van der Waals surface area (Å²) in [5.74, 6) is -1.48. The Bertz CT molecular complexity index is 899. The first-order valence-electron chi connectivity index (χ1n) is 8.67. The van der Waals surface area contributed by atoms with Gasteiger partial charge in [0.15, 0.2) is 0 Å². The molecular formula is C20H20F3N3O3. The molecule has 6 nitrogen and oxygen atoms in total. The molecule has 29 heavy (non-hydrogen) atoms. The number of benzene rings is 2. The first kappa shape index (κ1) is 21.9. The standard InChI is InChI=1S/C20H20F3N3O3/c1-12(27)24-16-9-8-15(20(21,22)23)10-18(16)26-19(29)11-17(25-13(2)28)14-6-4-3-5-7-14/h3-10,17H,11H2,1-2H3,(H,24,27)(H,25,28)(H,26,29). The fourth-order valence-corrected chi connectivity index (χ4v) is 2.69. The van der Waals surface area contributed by atoms with Crippen molar-refractivity contribution in [3.8, 4) is 0 Å². The highest BCUT2D eigenvalue weighted by molar-refractivity contribution is 5.99. The van der Waals surface area contributed by atoms with Crippen LogP contribution in [-0.4, -0.2) is 17.7 Å². The van der Waals surface area contributed by atoms with Gasteiger partial charge in [-0.2, -0.15) is 13.2 Å². The molecule has 3 N–H and O–H groups in total. The van der Waals surface area contributed by atoms with Crippen molar-refractivity contribution in [2.24, 2.45) is 0 Å². The zero-order chi connectivity index (χ0) is 21.6. The summed E-state index contributed by atoms with van der Waals surface area (Å²) in [6, 6.07) is 10.7. The van der Waals surface area contributed by atoms with E-state index in [2.05, 4.69) is 16.0 Å². The predicted octanol–water partition coefficient (Wildman–Crippen LogP) is 3.87. The number of carbonyl (C=O) groups excluding carboxylic acids is 3. The number of carbonyl (C=O) groups is 3. The first-order valence-corrected chi connectivity index (χ1v) is 8.67. The van der Waals surface area contributed by atoms with Gasteiger partial charge in [-0.25, -0.2) is 0 Å². The summed E-state index contributed by atoms with van der Waals surface area (Å²) in [5, 5.41) is 7.43. The molecule has 0 fully saturated rings. The van der Waals surface area contributed by atoms with Gasteiger partial charge in [-0.1, -0.05) is 30.3 Å². The molecule has 2 rings (SSSR count). The molecule has 0 aliphatic carbocycles. The van der Waals surface area contributed by atoms with E-state index in [1.54, 1.807) is 30.3 Å². The number of nitrogens with one attached hydrogen (secondary N) is 3. The smallest absolute Gasteiger partial charge is 0.349 e. The molecule has 0 saturated heterocycles. The molecule has 0 saturated carbocycles. The van der Waals surface area contributed by atoms with E-state index < -0.39 is 29.6 Å². The van der Waals surface area contributed by atoms with E-state index in [9.17, 15) is 27.6 Å². The number of rotatable bonds is 6. The van der Waals surface area contributed by atoms with Crippen LogP contribution in [0.15, 0.2) is 48.5 Å². The molecule has 0 aromatic heterocycles. The average molecular weight is 407 g/mol. The van der Waals surface area contributed by atoms with Crippen molar-refractivity contribution < 1.29 is 27.6 Å². The quantitative estimate of drug-likeness (QED) is 0.679. The van der Waals surface area contributed by atoms with Crippen molar-refractivity contribution in [2.45, 2.75) is 32.5 Å².